The molecular formula is C28H38N2O6S. The number of aryl methyl sites for hydroxylation is 1. The first-order valence-electron chi connectivity index (χ1n) is 12.3. The van der Waals surface area contributed by atoms with E-state index in [0.29, 0.717) is 27.3 Å². The number of methoxy groups -OCH3 is 3. The van der Waals surface area contributed by atoms with Gasteiger partial charge in [-0.25, -0.2) is 9.78 Å². The molecule has 0 radical (unpaired) electrons. The second-order valence-electron chi connectivity index (χ2n) is 9.08. The predicted octanol–water partition coefficient (Wildman–Crippen LogP) is 6.67. The Morgan fingerprint density at radius 2 is 1.81 bits per heavy atom. The second kappa shape index (κ2) is 14.5. The molecule has 0 spiro atoms. The maximum atomic E-state index is 12.9. The van der Waals surface area contributed by atoms with Crippen LogP contribution in [0.5, 0.6) is 11.5 Å². The van der Waals surface area contributed by atoms with E-state index in [9.17, 15) is 14.7 Å². The van der Waals surface area contributed by atoms with Gasteiger partial charge in [0.1, 0.15) is 17.1 Å². The number of carbonyl (C=O) groups is 2. The molecule has 3 rings (SSSR count). The Bertz CT molecular complexity index is 1180. The number of nitrogens with one attached hydrogen (secondary N) is 1. The number of carboxylic acids is 1. The molecule has 37 heavy (non-hydrogen) atoms. The van der Waals surface area contributed by atoms with Crippen LogP contribution in [0.25, 0.3) is 10.2 Å². The third-order valence-corrected chi connectivity index (χ3v) is 6.82. The number of nitrogens with zero attached hydrogens (tertiary/aromatic N) is 1. The summed E-state index contributed by atoms with van der Waals surface area (Å²) in [6.07, 6.45) is 3.97. The van der Waals surface area contributed by atoms with Crippen LogP contribution in [0.1, 0.15) is 65.8 Å². The summed E-state index contributed by atoms with van der Waals surface area (Å²) < 4.78 is 16.1. The maximum absolute atomic E-state index is 12.9. The number of anilines is 1. The van der Waals surface area contributed by atoms with Crippen LogP contribution in [0.3, 0.4) is 0 Å². The first kappa shape index (κ1) is 30.1. The van der Waals surface area contributed by atoms with Crippen LogP contribution in [-0.4, -0.2) is 49.9 Å². The van der Waals surface area contributed by atoms with Crippen molar-refractivity contribution in [3.8, 4) is 11.5 Å². The van der Waals surface area contributed by atoms with E-state index >= 15 is 0 Å². The Balaban J connectivity index is 0.000000371. The molecule has 0 aliphatic heterocycles. The Hall–Kier alpha value is -3.17. The van der Waals surface area contributed by atoms with E-state index in [4.69, 9.17) is 14.2 Å². The Kier molecular flexibility index (Phi) is 11.8. The molecule has 1 heterocycles. The number of fused-ring (bicyclic) bond motifs is 1. The van der Waals surface area contributed by atoms with Crippen LogP contribution in [0.2, 0.25) is 0 Å². The van der Waals surface area contributed by atoms with Gasteiger partial charge in [0.2, 0.25) is 0 Å². The lowest BCUT2D eigenvalue weighted by atomic mass is 9.94. The summed E-state index contributed by atoms with van der Waals surface area (Å²) in [6.45, 7) is 9.60. The molecular weight excluding hydrogens is 492 g/mol. The van der Waals surface area contributed by atoms with Crippen molar-refractivity contribution in [1.82, 2.24) is 4.98 Å². The molecule has 2 N–H and O–H groups in total. The van der Waals surface area contributed by atoms with Gasteiger partial charge in [0, 0.05) is 13.7 Å². The number of aromatic carboxylic acids is 1. The van der Waals surface area contributed by atoms with Crippen LogP contribution in [0.15, 0.2) is 30.3 Å². The van der Waals surface area contributed by atoms with E-state index in [-0.39, 0.29) is 11.3 Å². The summed E-state index contributed by atoms with van der Waals surface area (Å²) in [6, 6.07) is 7.88. The summed E-state index contributed by atoms with van der Waals surface area (Å²) in [5, 5.41) is 12.9. The monoisotopic (exact) mass is 530 g/mol. The number of rotatable bonds is 11. The number of aromatic nitrogens is 1. The number of carbonyl (C=O) groups excluding carboxylic acids is 1. The average molecular weight is 531 g/mol. The number of carboxylic acid groups (broad SMARTS) is 1. The van der Waals surface area contributed by atoms with Crippen LogP contribution < -0.4 is 14.8 Å². The number of benzene rings is 2. The maximum Gasteiger partial charge on any atom is 0.337 e. The van der Waals surface area contributed by atoms with Crippen molar-refractivity contribution in [2.75, 3.05) is 33.3 Å². The van der Waals surface area contributed by atoms with Gasteiger partial charge in [-0.2, -0.15) is 0 Å². The van der Waals surface area contributed by atoms with Gasteiger partial charge in [-0.15, -0.1) is 11.3 Å². The largest absolute Gasteiger partial charge is 0.497 e. The smallest absolute Gasteiger partial charge is 0.337 e. The molecule has 1 aromatic heterocycles. The van der Waals surface area contributed by atoms with E-state index in [2.05, 4.69) is 31.1 Å². The second-order valence-corrected chi connectivity index (χ2v) is 10.3. The van der Waals surface area contributed by atoms with Gasteiger partial charge < -0.3 is 24.6 Å². The summed E-state index contributed by atoms with van der Waals surface area (Å²) in [7, 11) is 4.69. The molecule has 0 aliphatic rings. The molecule has 2 unspecified atom stereocenters. The zero-order valence-corrected chi connectivity index (χ0v) is 23.5. The highest BCUT2D eigenvalue weighted by Gasteiger charge is 2.21. The topological polar surface area (TPSA) is 107 Å². The van der Waals surface area contributed by atoms with Crippen molar-refractivity contribution >= 4 is 39.1 Å². The van der Waals surface area contributed by atoms with Crippen molar-refractivity contribution in [2.24, 2.45) is 11.8 Å². The molecule has 202 valence electrons. The third kappa shape index (κ3) is 8.43. The number of hydrogen-bond donors (Lipinski definition) is 2. The molecule has 2 aromatic carbocycles. The highest BCUT2D eigenvalue weighted by atomic mass is 32.1. The van der Waals surface area contributed by atoms with Crippen molar-refractivity contribution in [3.63, 3.8) is 0 Å². The van der Waals surface area contributed by atoms with Crippen molar-refractivity contribution in [3.05, 3.63) is 46.5 Å². The molecule has 0 fully saturated rings. The zero-order chi connectivity index (χ0) is 27.5. The quantitative estimate of drug-likeness (QED) is 0.285. The Labute approximate surface area is 223 Å². The number of amides is 1. The van der Waals surface area contributed by atoms with E-state index in [1.807, 2.05) is 6.92 Å². The van der Waals surface area contributed by atoms with E-state index < -0.39 is 11.9 Å². The first-order chi connectivity index (χ1) is 17.6. The van der Waals surface area contributed by atoms with Crippen LogP contribution in [0.4, 0.5) is 5.69 Å². The minimum atomic E-state index is -1.17. The summed E-state index contributed by atoms with van der Waals surface area (Å²) in [4.78, 5) is 28.8. The van der Waals surface area contributed by atoms with E-state index in [1.165, 1.54) is 57.0 Å². The van der Waals surface area contributed by atoms with Gasteiger partial charge >= 0.3 is 5.97 Å². The highest BCUT2D eigenvalue weighted by Crippen LogP contribution is 2.33. The lowest BCUT2D eigenvalue weighted by Crippen LogP contribution is -2.16. The molecule has 3 aromatic rings. The van der Waals surface area contributed by atoms with Gasteiger partial charge in [0.15, 0.2) is 0 Å². The summed E-state index contributed by atoms with van der Waals surface area (Å²) in [5.74, 6) is 0.732. The van der Waals surface area contributed by atoms with Crippen molar-refractivity contribution < 1.29 is 28.9 Å². The molecule has 0 saturated heterocycles. The standard InChI is InChI=1S/C18H16N2O5S.C10H22O/c1-9-19-13-6-7-14(25-3)15(16(13)26-9)17(21)20-12-5-4-10(24-2)8-11(12)18(22)23;1-5-6-9(2)7-10(3)8-11-4/h4-8H,1-3H3,(H,20,21)(H,22,23);9-10H,5-8H2,1-4H3. The van der Waals surface area contributed by atoms with Gasteiger partial charge in [0.05, 0.1) is 40.7 Å². The number of ether oxygens (including phenoxy) is 3. The number of hydrogen-bond acceptors (Lipinski definition) is 7. The average Bonchev–Trinajstić information content (AvgIpc) is 3.24. The molecule has 1 amide bonds. The summed E-state index contributed by atoms with van der Waals surface area (Å²) >= 11 is 1.38. The summed E-state index contributed by atoms with van der Waals surface area (Å²) in [5.41, 5.74) is 1.11. The van der Waals surface area contributed by atoms with E-state index in [0.717, 1.165) is 23.5 Å². The van der Waals surface area contributed by atoms with Crippen molar-refractivity contribution in [2.45, 2.75) is 47.0 Å². The fourth-order valence-electron chi connectivity index (χ4n) is 4.24. The lowest BCUT2D eigenvalue weighted by molar-refractivity contribution is 0.0697. The fraction of sp³-hybridized carbons (Fsp3) is 0.464. The minimum absolute atomic E-state index is 0.0654. The van der Waals surface area contributed by atoms with E-state index in [1.54, 1.807) is 25.3 Å². The Morgan fingerprint density at radius 1 is 1.08 bits per heavy atom. The third-order valence-electron chi connectivity index (χ3n) is 5.82. The molecule has 9 heteroatoms. The van der Waals surface area contributed by atoms with Crippen LogP contribution >= 0.6 is 11.3 Å². The molecule has 0 bridgehead atoms. The fourth-order valence-corrected chi connectivity index (χ4v) is 5.19. The molecule has 0 aliphatic carbocycles. The lowest BCUT2D eigenvalue weighted by Gasteiger charge is -2.15. The number of thiazole rings is 1. The van der Waals surface area contributed by atoms with Gasteiger partial charge in [-0.3, -0.25) is 4.79 Å². The van der Waals surface area contributed by atoms with Crippen LogP contribution in [0, 0.1) is 18.8 Å². The predicted molar refractivity (Wildman–Crippen MR) is 149 cm³/mol. The molecule has 2 atom stereocenters. The first-order valence-corrected chi connectivity index (χ1v) is 13.1. The SMILES string of the molecule is CCCC(C)CC(C)COC.COc1ccc(NC(=O)c2c(OC)ccc3nc(C)sc23)c(C(=O)O)c1. The van der Waals surface area contributed by atoms with Gasteiger partial charge in [0.25, 0.3) is 5.91 Å². The van der Waals surface area contributed by atoms with Crippen molar-refractivity contribution in [1.29, 1.82) is 0 Å². The Morgan fingerprint density at radius 3 is 2.41 bits per heavy atom. The minimum Gasteiger partial charge on any atom is -0.497 e. The van der Waals surface area contributed by atoms with Crippen LogP contribution in [-0.2, 0) is 4.74 Å². The normalized spacial score (nSPS) is 12.3. The zero-order valence-electron chi connectivity index (χ0n) is 22.7. The molecule has 8 nitrogen and oxygen atoms in total. The van der Waals surface area contributed by atoms with Gasteiger partial charge in [-0.05, 0) is 55.5 Å². The molecule has 0 saturated carbocycles. The highest BCUT2D eigenvalue weighted by molar-refractivity contribution is 7.19. The van der Waals surface area contributed by atoms with Gasteiger partial charge in [-0.1, -0.05) is 33.6 Å².